The Balaban J connectivity index is 1.49. The van der Waals surface area contributed by atoms with E-state index in [0.717, 1.165) is 22.2 Å². The Morgan fingerprint density at radius 1 is 1.06 bits per heavy atom. The number of nitrogens with one attached hydrogen (secondary N) is 1. The van der Waals surface area contributed by atoms with Gasteiger partial charge in [0.05, 0.1) is 12.0 Å². The third kappa shape index (κ3) is 3.91. The van der Waals surface area contributed by atoms with Crippen molar-refractivity contribution in [2.75, 3.05) is 26.5 Å². The number of anilines is 1. The van der Waals surface area contributed by atoms with Gasteiger partial charge in [-0.25, -0.2) is 12.7 Å². The van der Waals surface area contributed by atoms with E-state index < -0.39 is 10.0 Å². The minimum absolute atomic E-state index is 0.142. The van der Waals surface area contributed by atoms with Crippen molar-refractivity contribution in [3.05, 3.63) is 47.5 Å². The lowest BCUT2D eigenvalue weighted by Crippen LogP contribution is -2.23. The van der Waals surface area contributed by atoms with Gasteiger partial charge in [-0.1, -0.05) is 6.07 Å². The first-order chi connectivity index (χ1) is 15.8. The molecular weight excluding hydrogens is 440 g/mol. The number of nitrogens with zero attached hydrogens (tertiary/aromatic N) is 1. The number of benzene rings is 2. The van der Waals surface area contributed by atoms with Crippen molar-refractivity contribution >= 4 is 33.3 Å². The fraction of sp³-hybridized carbons (Fsp3) is 0.400. The standard InChI is InChI=1S/C25H28N2O5S/c1-27(2)33(29,30)18-7-8-21-19(14-18)20(25(28)26-21)11-16-5-9-22(31-3)24(13-16)32-23-12-15-4-6-17(23)10-15/h5,7-9,11,13-15,17,23H,4,6,10,12H2,1-3H3,(H,26,28)/b20-11-/t15-,17+,23+/m1/s1. The fourth-order valence-electron chi connectivity index (χ4n) is 5.22. The number of amides is 1. The topological polar surface area (TPSA) is 84.9 Å². The van der Waals surface area contributed by atoms with Crippen LogP contribution in [0.15, 0.2) is 41.3 Å². The summed E-state index contributed by atoms with van der Waals surface area (Å²) in [5.74, 6) is 2.44. The second-order valence-electron chi connectivity index (χ2n) is 9.25. The molecule has 0 unspecified atom stereocenters. The smallest absolute Gasteiger partial charge is 0.256 e. The highest BCUT2D eigenvalue weighted by Crippen LogP contribution is 2.47. The zero-order valence-corrected chi connectivity index (χ0v) is 19.8. The predicted molar refractivity (Wildman–Crippen MR) is 127 cm³/mol. The third-order valence-corrected chi connectivity index (χ3v) is 8.81. The molecule has 2 fully saturated rings. The van der Waals surface area contributed by atoms with E-state index in [9.17, 15) is 13.2 Å². The molecule has 2 bridgehead atoms. The van der Waals surface area contributed by atoms with Gasteiger partial charge in [-0.2, -0.15) is 0 Å². The Bertz CT molecular complexity index is 1250. The molecule has 1 heterocycles. The lowest BCUT2D eigenvalue weighted by molar-refractivity contribution is -0.110. The predicted octanol–water partition coefficient (Wildman–Crippen LogP) is 4.01. The van der Waals surface area contributed by atoms with Crippen LogP contribution >= 0.6 is 0 Å². The summed E-state index contributed by atoms with van der Waals surface area (Å²) in [4.78, 5) is 12.9. The second kappa shape index (κ2) is 8.18. The Morgan fingerprint density at radius 3 is 2.55 bits per heavy atom. The van der Waals surface area contributed by atoms with Gasteiger partial charge in [0.25, 0.3) is 5.91 Å². The van der Waals surface area contributed by atoms with E-state index in [-0.39, 0.29) is 16.9 Å². The van der Waals surface area contributed by atoms with Gasteiger partial charge in [-0.3, -0.25) is 4.79 Å². The number of ether oxygens (including phenoxy) is 2. The Hall–Kier alpha value is -2.84. The number of sulfonamides is 1. The molecule has 0 aromatic heterocycles. The normalized spacial score (nSPS) is 24.9. The molecule has 1 aliphatic heterocycles. The van der Waals surface area contributed by atoms with Gasteiger partial charge in [-0.05, 0) is 79.5 Å². The molecule has 3 aliphatic rings. The van der Waals surface area contributed by atoms with Gasteiger partial charge in [0.1, 0.15) is 6.10 Å². The summed E-state index contributed by atoms with van der Waals surface area (Å²) in [7, 11) is 0.972. The summed E-state index contributed by atoms with van der Waals surface area (Å²) < 4.78 is 38.2. The first-order valence-electron chi connectivity index (χ1n) is 11.2. The molecule has 0 radical (unpaired) electrons. The maximum atomic E-state index is 12.7. The molecule has 3 atom stereocenters. The van der Waals surface area contributed by atoms with Crippen LogP contribution in [0, 0.1) is 11.8 Å². The molecule has 1 amide bonds. The van der Waals surface area contributed by atoms with Crippen molar-refractivity contribution in [2.24, 2.45) is 11.8 Å². The van der Waals surface area contributed by atoms with Crippen LogP contribution in [0.2, 0.25) is 0 Å². The van der Waals surface area contributed by atoms with Crippen LogP contribution in [0.1, 0.15) is 36.8 Å². The highest BCUT2D eigenvalue weighted by atomic mass is 32.2. The van der Waals surface area contributed by atoms with Crippen LogP contribution in [0.5, 0.6) is 11.5 Å². The lowest BCUT2D eigenvalue weighted by Gasteiger charge is -2.24. The lowest BCUT2D eigenvalue weighted by atomic mass is 9.97. The van der Waals surface area contributed by atoms with Crippen LogP contribution in [0.4, 0.5) is 5.69 Å². The average molecular weight is 469 g/mol. The minimum atomic E-state index is -3.62. The van der Waals surface area contributed by atoms with E-state index in [0.29, 0.717) is 34.2 Å². The maximum absolute atomic E-state index is 12.7. The van der Waals surface area contributed by atoms with E-state index in [4.69, 9.17) is 9.47 Å². The Morgan fingerprint density at radius 2 is 1.88 bits per heavy atom. The van der Waals surface area contributed by atoms with E-state index in [1.54, 1.807) is 25.3 Å². The van der Waals surface area contributed by atoms with E-state index in [1.165, 1.54) is 39.4 Å². The van der Waals surface area contributed by atoms with E-state index in [2.05, 4.69) is 5.32 Å². The zero-order chi connectivity index (χ0) is 23.3. The van der Waals surface area contributed by atoms with Gasteiger partial charge in [0, 0.05) is 30.9 Å². The van der Waals surface area contributed by atoms with Crippen molar-refractivity contribution in [3.63, 3.8) is 0 Å². The summed E-state index contributed by atoms with van der Waals surface area (Å²) in [6, 6.07) is 10.3. The largest absolute Gasteiger partial charge is 0.493 e. The average Bonchev–Trinajstić information content (AvgIpc) is 3.48. The number of hydrogen-bond acceptors (Lipinski definition) is 5. The van der Waals surface area contributed by atoms with Crippen molar-refractivity contribution in [3.8, 4) is 11.5 Å². The van der Waals surface area contributed by atoms with Crippen LogP contribution in [-0.2, 0) is 14.8 Å². The number of rotatable bonds is 6. The SMILES string of the molecule is COc1ccc(/C=C2\C(=O)Nc3ccc(S(=O)(=O)N(C)C)cc32)cc1O[C@H]1C[C@@H]2CC[C@H]1C2. The number of carbonyl (C=O) groups excluding carboxylic acids is 1. The number of hydrogen-bond donors (Lipinski definition) is 1. The Kier molecular flexibility index (Phi) is 5.45. The summed E-state index contributed by atoms with van der Waals surface area (Å²) >= 11 is 0. The molecule has 0 spiro atoms. The van der Waals surface area contributed by atoms with Gasteiger partial charge in [-0.15, -0.1) is 0 Å². The van der Waals surface area contributed by atoms with Gasteiger partial charge >= 0.3 is 0 Å². The summed E-state index contributed by atoms with van der Waals surface area (Å²) in [6.45, 7) is 0. The minimum Gasteiger partial charge on any atom is -0.493 e. The summed E-state index contributed by atoms with van der Waals surface area (Å²) in [5.41, 5.74) is 2.36. The molecule has 2 saturated carbocycles. The molecular formula is C25H28N2O5S. The van der Waals surface area contributed by atoms with Crippen LogP contribution in [0.25, 0.3) is 11.6 Å². The number of carbonyl (C=O) groups is 1. The summed E-state index contributed by atoms with van der Waals surface area (Å²) in [5, 5.41) is 2.82. The maximum Gasteiger partial charge on any atom is 0.256 e. The van der Waals surface area contributed by atoms with Gasteiger partial charge < -0.3 is 14.8 Å². The molecule has 2 aliphatic carbocycles. The van der Waals surface area contributed by atoms with Crippen LogP contribution < -0.4 is 14.8 Å². The molecule has 8 heteroatoms. The molecule has 33 heavy (non-hydrogen) atoms. The van der Waals surface area contributed by atoms with E-state index in [1.807, 2.05) is 18.2 Å². The molecule has 2 aromatic rings. The highest BCUT2D eigenvalue weighted by molar-refractivity contribution is 7.89. The molecule has 7 nitrogen and oxygen atoms in total. The Labute approximate surface area is 194 Å². The van der Waals surface area contributed by atoms with Crippen LogP contribution in [0.3, 0.4) is 0 Å². The molecule has 1 N–H and O–H groups in total. The van der Waals surface area contributed by atoms with Crippen molar-refractivity contribution in [1.29, 1.82) is 0 Å². The molecule has 0 saturated heterocycles. The fourth-order valence-corrected chi connectivity index (χ4v) is 6.15. The van der Waals surface area contributed by atoms with Crippen molar-refractivity contribution in [2.45, 2.75) is 36.7 Å². The van der Waals surface area contributed by atoms with Crippen molar-refractivity contribution < 1.29 is 22.7 Å². The summed E-state index contributed by atoms with van der Waals surface area (Å²) in [6.07, 6.45) is 6.81. The number of fused-ring (bicyclic) bond motifs is 3. The molecule has 2 aromatic carbocycles. The van der Waals surface area contributed by atoms with Gasteiger partial charge in [0.2, 0.25) is 10.0 Å². The number of methoxy groups -OCH3 is 1. The third-order valence-electron chi connectivity index (χ3n) is 7.00. The second-order valence-corrected chi connectivity index (χ2v) is 11.4. The van der Waals surface area contributed by atoms with Crippen molar-refractivity contribution in [1.82, 2.24) is 4.31 Å². The van der Waals surface area contributed by atoms with Crippen LogP contribution in [-0.4, -0.2) is 45.9 Å². The monoisotopic (exact) mass is 468 g/mol. The highest BCUT2D eigenvalue weighted by Gasteiger charge is 2.41. The molecule has 174 valence electrons. The molecule has 5 rings (SSSR count). The zero-order valence-electron chi connectivity index (χ0n) is 19.0. The quantitative estimate of drug-likeness (QED) is 0.648. The first-order valence-corrected chi connectivity index (χ1v) is 12.6. The van der Waals surface area contributed by atoms with Gasteiger partial charge in [0.15, 0.2) is 11.5 Å². The van der Waals surface area contributed by atoms with E-state index >= 15 is 0 Å². The first kappa shape index (κ1) is 22.0.